The maximum Gasteiger partial charge on any atom is 0.416 e. The molecule has 1 aromatic carbocycles. The van der Waals surface area contributed by atoms with Gasteiger partial charge in [-0.1, -0.05) is 0 Å². The second kappa shape index (κ2) is 8.37. The number of ether oxygens (including phenoxy) is 1. The number of hydrogen-bond acceptors (Lipinski definition) is 3. The van der Waals surface area contributed by atoms with Crippen LogP contribution >= 0.6 is 0 Å². The minimum atomic E-state index is -4.85. The summed E-state index contributed by atoms with van der Waals surface area (Å²) in [5.74, 6) is -0.109. The average molecular weight is 438 g/mol. The number of benzene rings is 1. The topological polar surface area (TPSA) is 32.8 Å². The molecule has 4 nitrogen and oxygen atoms in total. The van der Waals surface area contributed by atoms with Gasteiger partial charge in [0.1, 0.15) is 6.61 Å². The van der Waals surface area contributed by atoms with Gasteiger partial charge < -0.3 is 9.64 Å². The molecule has 2 aliphatic rings. The van der Waals surface area contributed by atoms with Gasteiger partial charge in [-0.3, -0.25) is 9.69 Å². The van der Waals surface area contributed by atoms with E-state index in [1.807, 2.05) is 4.90 Å². The summed E-state index contributed by atoms with van der Waals surface area (Å²) in [7, 11) is 1.44. The Kier molecular flexibility index (Phi) is 6.38. The van der Waals surface area contributed by atoms with E-state index in [4.69, 9.17) is 4.74 Å². The van der Waals surface area contributed by atoms with Crippen molar-refractivity contribution in [2.45, 2.75) is 38.2 Å². The Hall–Kier alpha value is -1.81. The molecule has 2 heterocycles. The standard InChI is InChI=1S/C20H24F6N2O2/c1-30-11-17(29)28-5-2-3-18(13-28)4-6-27(12-18)10-14-7-15(19(21,22)23)9-16(8-14)20(24,25)26/h7-9H,2-6,10-13H2,1H3/t18-/m0/s1. The number of likely N-dealkylation sites (tertiary alicyclic amines) is 2. The normalized spacial score (nSPS) is 23.4. The van der Waals surface area contributed by atoms with E-state index in [0.717, 1.165) is 31.4 Å². The largest absolute Gasteiger partial charge is 0.416 e. The highest BCUT2D eigenvalue weighted by Crippen LogP contribution is 2.41. The zero-order valence-electron chi connectivity index (χ0n) is 16.6. The van der Waals surface area contributed by atoms with Crippen LogP contribution in [0.3, 0.4) is 0 Å². The molecule has 2 saturated heterocycles. The van der Waals surface area contributed by atoms with Crippen LogP contribution in [0.15, 0.2) is 18.2 Å². The summed E-state index contributed by atoms with van der Waals surface area (Å²) in [6, 6.07) is 1.72. The van der Waals surface area contributed by atoms with Gasteiger partial charge in [-0.15, -0.1) is 0 Å². The predicted molar refractivity (Wildman–Crippen MR) is 96.5 cm³/mol. The maximum absolute atomic E-state index is 13.1. The lowest BCUT2D eigenvalue weighted by molar-refractivity contribution is -0.143. The number of piperidine rings is 1. The Morgan fingerprint density at radius 2 is 1.63 bits per heavy atom. The van der Waals surface area contributed by atoms with Gasteiger partial charge in [-0.05, 0) is 49.6 Å². The first-order chi connectivity index (χ1) is 13.9. The monoisotopic (exact) mass is 438 g/mol. The number of rotatable bonds is 4. The quantitative estimate of drug-likeness (QED) is 0.662. The van der Waals surface area contributed by atoms with Crippen molar-refractivity contribution < 1.29 is 35.9 Å². The van der Waals surface area contributed by atoms with Crippen molar-refractivity contribution in [3.8, 4) is 0 Å². The number of halogens is 6. The fourth-order valence-corrected chi connectivity index (χ4v) is 4.50. The lowest BCUT2D eigenvalue weighted by Crippen LogP contribution is -2.48. The molecule has 1 amide bonds. The molecular weight excluding hydrogens is 414 g/mol. The van der Waals surface area contributed by atoms with Crippen LogP contribution in [0.1, 0.15) is 36.0 Å². The molecule has 30 heavy (non-hydrogen) atoms. The summed E-state index contributed by atoms with van der Waals surface area (Å²) in [6.45, 7) is 2.24. The van der Waals surface area contributed by atoms with Gasteiger partial charge in [0.25, 0.3) is 0 Å². The lowest BCUT2D eigenvalue weighted by Gasteiger charge is -2.40. The van der Waals surface area contributed by atoms with E-state index in [-0.39, 0.29) is 36.1 Å². The number of carbonyl (C=O) groups excluding carboxylic acids is 1. The van der Waals surface area contributed by atoms with Gasteiger partial charge in [-0.25, -0.2) is 0 Å². The first kappa shape index (κ1) is 22.9. The first-order valence-corrected chi connectivity index (χ1v) is 9.69. The van der Waals surface area contributed by atoms with Crippen molar-refractivity contribution in [1.29, 1.82) is 0 Å². The van der Waals surface area contributed by atoms with E-state index < -0.39 is 23.5 Å². The Labute approximate surface area is 170 Å². The molecule has 2 aliphatic heterocycles. The smallest absolute Gasteiger partial charge is 0.375 e. The van der Waals surface area contributed by atoms with Gasteiger partial charge in [0, 0.05) is 38.7 Å². The molecule has 0 saturated carbocycles. The van der Waals surface area contributed by atoms with Crippen molar-refractivity contribution in [3.05, 3.63) is 34.9 Å². The molecule has 3 rings (SSSR count). The molecule has 1 spiro atoms. The van der Waals surface area contributed by atoms with Crippen molar-refractivity contribution in [2.24, 2.45) is 5.41 Å². The van der Waals surface area contributed by atoms with E-state index in [0.29, 0.717) is 26.2 Å². The number of hydrogen-bond donors (Lipinski definition) is 0. The highest BCUT2D eigenvalue weighted by atomic mass is 19.4. The molecule has 0 aromatic heterocycles. The molecule has 10 heteroatoms. The molecular formula is C20H24F6N2O2. The highest BCUT2D eigenvalue weighted by Gasteiger charge is 2.43. The molecule has 0 aliphatic carbocycles. The van der Waals surface area contributed by atoms with Crippen molar-refractivity contribution >= 4 is 5.91 Å². The summed E-state index contributed by atoms with van der Waals surface area (Å²) in [5.41, 5.74) is -2.79. The maximum atomic E-state index is 13.1. The minimum absolute atomic E-state index is 0.000761. The fourth-order valence-electron chi connectivity index (χ4n) is 4.50. The van der Waals surface area contributed by atoms with Crippen LogP contribution in [-0.2, 0) is 28.4 Å². The van der Waals surface area contributed by atoms with Gasteiger partial charge in [0.15, 0.2) is 0 Å². The number of amides is 1. The number of nitrogens with zero attached hydrogens (tertiary/aromatic N) is 2. The van der Waals surface area contributed by atoms with Crippen LogP contribution in [0, 0.1) is 5.41 Å². The SMILES string of the molecule is COCC(=O)N1CCC[C@@]2(CCN(Cc3cc(C(F)(F)F)cc(C(F)(F)F)c3)C2)C1. The van der Waals surface area contributed by atoms with Crippen LogP contribution in [0.5, 0.6) is 0 Å². The van der Waals surface area contributed by atoms with E-state index >= 15 is 0 Å². The third kappa shape index (κ3) is 5.26. The Balaban J connectivity index is 1.74. The van der Waals surface area contributed by atoms with Crippen LogP contribution < -0.4 is 0 Å². The lowest BCUT2D eigenvalue weighted by atomic mass is 9.79. The van der Waals surface area contributed by atoms with E-state index in [2.05, 4.69) is 0 Å². The summed E-state index contributed by atoms with van der Waals surface area (Å²) in [6.07, 6.45) is -7.28. The van der Waals surface area contributed by atoms with E-state index in [9.17, 15) is 31.1 Å². The summed E-state index contributed by atoms with van der Waals surface area (Å²) in [4.78, 5) is 15.8. The second-order valence-corrected chi connectivity index (χ2v) is 8.23. The molecule has 168 valence electrons. The Bertz CT molecular complexity index is 747. The molecule has 1 aromatic rings. The fraction of sp³-hybridized carbons (Fsp3) is 0.650. The second-order valence-electron chi connectivity index (χ2n) is 8.23. The average Bonchev–Trinajstić information content (AvgIpc) is 3.02. The summed E-state index contributed by atoms with van der Waals surface area (Å²) >= 11 is 0. The van der Waals surface area contributed by atoms with Crippen molar-refractivity contribution in [1.82, 2.24) is 9.80 Å². The van der Waals surface area contributed by atoms with Gasteiger partial charge in [0.2, 0.25) is 5.91 Å². The van der Waals surface area contributed by atoms with Gasteiger partial charge in [0.05, 0.1) is 11.1 Å². The van der Waals surface area contributed by atoms with Crippen LogP contribution in [0.25, 0.3) is 0 Å². The molecule has 0 radical (unpaired) electrons. The van der Waals surface area contributed by atoms with Gasteiger partial charge in [-0.2, -0.15) is 26.3 Å². The Morgan fingerprint density at radius 1 is 1.00 bits per heavy atom. The zero-order chi connectivity index (χ0) is 22.2. The van der Waals surface area contributed by atoms with E-state index in [1.165, 1.54) is 7.11 Å². The number of alkyl halides is 6. The zero-order valence-corrected chi connectivity index (χ0v) is 16.6. The first-order valence-electron chi connectivity index (χ1n) is 9.69. The summed E-state index contributed by atoms with van der Waals surface area (Å²) < 4.78 is 83.4. The molecule has 0 bridgehead atoms. The minimum Gasteiger partial charge on any atom is -0.375 e. The third-order valence-corrected chi connectivity index (χ3v) is 5.85. The summed E-state index contributed by atoms with van der Waals surface area (Å²) in [5, 5.41) is 0. The highest BCUT2D eigenvalue weighted by molar-refractivity contribution is 5.77. The van der Waals surface area contributed by atoms with Crippen molar-refractivity contribution in [3.63, 3.8) is 0 Å². The molecule has 0 N–H and O–H groups in total. The third-order valence-electron chi connectivity index (χ3n) is 5.85. The number of methoxy groups -OCH3 is 1. The Morgan fingerprint density at radius 3 is 2.20 bits per heavy atom. The molecule has 2 fully saturated rings. The van der Waals surface area contributed by atoms with Crippen LogP contribution in [-0.4, -0.2) is 55.6 Å². The van der Waals surface area contributed by atoms with Crippen molar-refractivity contribution in [2.75, 3.05) is 39.9 Å². The molecule has 1 atom stereocenters. The predicted octanol–water partition coefficient (Wildman–Crippen LogP) is 4.19. The van der Waals surface area contributed by atoms with Crippen LogP contribution in [0.4, 0.5) is 26.3 Å². The van der Waals surface area contributed by atoms with E-state index in [1.54, 1.807) is 4.90 Å². The number of carbonyl (C=O) groups is 1. The van der Waals surface area contributed by atoms with Gasteiger partial charge >= 0.3 is 12.4 Å². The molecule has 0 unspecified atom stereocenters. The van der Waals surface area contributed by atoms with Crippen LogP contribution in [0.2, 0.25) is 0 Å².